The van der Waals surface area contributed by atoms with Crippen LogP contribution in [-0.2, 0) is 14.8 Å². The monoisotopic (exact) mass is 399 g/mol. The van der Waals surface area contributed by atoms with E-state index < -0.39 is 26.6 Å². The van der Waals surface area contributed by atoms with Crippen LogP contribution in [0.4, 0.5) is 5.69 Å². The van der Waals surface area contributed by atoms with E-state index in [-0.39, 0.29) is 28.3 Å². The standard InChI is InChI=1S/C18H13N3O6S/c1-2-27-18(22)17-9-13-7-6-12(11-19)8-16(13)20(17)28(25,26)15-5-3-4-14(10-15)21(23)24/h3-10H,2H2,1H3. The average Bonchev–Trinajstić information content (AvgIpc) is 3.07. The van der Waals surface area contributed by atoms with Crippen LogP contribution in [0.1, 0.15) is 23.0 Å². The molecule has 0 radical (unpaired) electrons. The van der Waals surface area contributed by atoms with Crippen LogP contribution < -0.4 is 0 Å². The number of benzene rings is 2. The number of carbonyl (C=O) groups is 1. The van der Waals surface area contributed by atoms with E-state index in [0.29, 0.717) is 5.39 Å². The van der Waals surface area contributed by atoms with Crippen molar-refractivity contribution in [2.45, 2.75) is 11.8 Å². The van der Waals surface area contributed by atoms with E-state index in [4.69, 9.17) is 10.00 Å². The topological polar surface area (TPSA) is 132 Å². The molecule has 0 aliphatic carbocycles. The molecule has 1 heterocycles. The number of hydrogen-bond acceptors (Lipinski definition) is 7. The van der Waals surface area contributed by atoms with Crippen LogP contribution in [0, 0.1) is 21.4 Å². The fourth-order valence-corrected chi connectivity index (χ4v) is 4.25. The largest absolute Gasteiger partial charge is 0.461 e. The van der Waals surface area contributed by atoms with Crippen LogP contribution >= 0.6 is 0 Å². The van der Waals surface area contributed by atoms with Gasteiger partial charge in [-0.2, -0.15) is 5.26 Å². The van der Waals surface area contributed by atoms with Crippen molar-refractivity contribution in [3.8, 4) is 6.07 Å². The molecule has 0 bridgehead atoms. The summed E-state index contributed by atoms with van der Waals surface area (Å²) in [6.07, 6.45) is 0. The number of rotatable bonds is 5. The molecule has 0 saturated carbocycles. The third-order valence-electron chi connectivity index (χ3n) is 3.94. The van der Waals surface area contributed by atoms with Gasteiger partial charge in [0.1, 0.15) is 5.69 Å². The first-order valence-electron chi connectivity index (χ1n) is 8.02. The van der Waals surface area contributed by atoms with E-state index in [2.05, 4.69) is 0 Å². The second-order valence-electron chi connectivity index (χ2n) is 5.66. The number of nitrogens with zero attached hydrogens (tertiary/aromatic N) is 3. The highest BCUT2D eigenvalue weighted by atomic mass is 32.2. The molecule has 10 heteroatoms. The fourth-order valence-electron chi connectivity index (χ4n) is 2.72. The Bertz CT molecular complexity index is 1250. The van der Waals surface area contributed by atoms with Gasteiger partial charge in [-0.15, -0.1) is 0 Å². The van der Waals surface area contributed by atoms with Crippen LogP contribution in [0.2, 0.25) is 0 Å². The lowest BCUT2D eigenvalue weighted by atomic mass is 10.2. The van der Waals surface area contributed by atoms with Crippen LogP contribution in [-0.4, -0.2) is 29.9 Å². The van der Waals surface area contributed by atoms with Crippen molar-refractivity contribution >= 4 is 32.6 Å². The van der Waals surface area contributed by atoms with Gasteiger partial charge in [0, 0.05) is 17.5 Å². The number of non-ortho nitro benzene ring substituents is 1. The third kappa shape index (κ3) is 3.19. The summed E-state index contributed by atoms with van der Waals surface area (Å²) >= 11 is 0. The summed E-state index contributed by atoms with van der Waals surface area (Å²) < 4.78 is 32.2. The molecule has 0 saturated heterocycles. The average molecular weight is 399 g/mol. The van der Waals surface area contributed by atoms with Crippen LogP contribution in [0.25, 0.3) is 10.9 Å². The zero-order valence-corrected chi connectivity index (χ0v) is 15.3. The van der Waals surface area contributed by atoms with Crippen molar-refractivity contribution in [1.29, 1.82) is 5.26 Å². The van der Waals surface area contributed by atoms with Crippen molar-refractivity contribution in [3.05, 3.63) is 69.9 Å². The minimum absolute atomic E-state index is 0.0284. The van der Waals surface area contributed by atoms with E-state index in [1.807, 2.05) is 6.07 Å². The summed E-state index contributed by atoms with van der Waals surface area (Å²) in [5.74, 6) is -0.869. The molecule has 1 aromatic heterocycles. The van der Waals surface area contributed by atoms with E-state index in [0.717, 1.165) is 16.1 Å². The molecule has 0 atom stereocenters. The molecule has 0 spiro atoms. The number of hydrogen-bond donors (Lipinski definition) is 0. The van der Waals surface area contributed by atoms with Crippen LogP contribution in [0.3, 0.4) is 0 Å². The molecule has 28 heavy (non-hydrogen) atoms. The van der Waals surface area contributed by atoms with Gasteiger partial charge in [0.2, 0.25) is 0 Å². The SMILES string of the molecule is CCOC(=O)c1cc2ccc(C#N)cc2n1S(=O)(=O)c1cccc([N+](=O)[O-])c1. The number of aromatic nitrogens is 1. The predicted octanol–water partition coefficient (Wildman–Crippen LogP) is 2.83. The zero-order valence-electron chi connectivity index (χ0n) is 14.5. The number of carbonyl (C=O) groups excluding carboxylic acids is 1. The molecule has 0 N–H and O–H groups in total. The minimum atomic E-state index is -4.40. The number of nitro groups is 1. The van der Waals surface area contributed by atoms with E-state index in [1.165, 1.54) is 36.4 Å². The van der Waals surface area contributed by atoms with Gasteiger partial charge in [0.15, 0.2) is 0 Å². The van der Waals surface area contributed by atoms with Crippen molar-refractivity contribution in [2.75, 3.05) is 6.61 Å². The molecule has 2 aromatic carbocycles. The highest BCUT2D eigenvalue weighted by Gasteiger charge is 2.28. The summed E-state index contributed by atoms with van der Waals surface area (Å²) in [6, 6.07) is 12.1. The summed E-state index contributed by atoms with van der Waals surface area (Å²) in [7, 11) is -4.40. The van der Waals surface area contributed by atoms with Gasteiger partial charge in [-0.1, -0.05) is 12.1 Å². The lowest BCUT2D eigenvalue weighted by Crippen LogP contribution is -2.20. The molecule has 9 nitrogen and oxygen atoms in total. The number of esters is 1. The molecule has 142 valence electrons. The normalized spacial score (nSPS) is 11.1. The Morgan fingerprint density at radius 3 is 2.64 bits per heavy atom. The van der Waals surface area contributed by atoms with Crippen LogP contribution in [0.15, 0.2) is 53.4 Å². The summed E-state index contributed by atoms with van der Waals surface area (Å²) in [4.78, 5) is 22.3. The Labute approximate surface area is 159 Å². The summed E-state index contributed by atoms with van der Waals surface area (Å²) in [5, 5.41) is 20.5. The van der Waals surface area contributed by atoms with Gasteiger partial charge in [-0.3, -0.25) is 10.1 Å². The highest BCUT2D eigenvalue weighted by Crippen LogP contribution is 2.28. The second kappa shape index (κ2) is 7.13. The lowest BCUT2D eigenvalue weighted by Gasteiger charge is -2.11. The van der Waals surface area contributed by atoms with Gasteiger partial charge in [0.05, 0.1) is 33.6 Å². The van der Waals surface area contributed by atoms with Gasteiger partial charge >= 0.3 is 5.97 Å². The van der Waals surface area contributed by atoms with E-state index >= 15 is 0 Å². The Balaban J connectivity index is 2.34. The first kappa shape index (κ1) is 19.1. The van der Waals surface area contributed by atoms with Gasteiger partial charge in [0.25, 0.3) is 15.7 Å². The second-order valence-corrected chi connectivity index (χ2v) is 7.45. The molecule has 0 fully saturated rings. The minimum Gasteiger partial charge on any atom is -0.461 e. The summed E-state index contributed by atoms with van der Waals surface area (Å²) in [5.41, 5.74) is -0.392. The maximum atomic E-state index is 13.3. The quantitative estimate of drug-likeness (QED) is 0.366. The maximum Gasteiger partial charge on any atom is 0.356 e. The number of fused-ring (bicyclic) bond motifs is 1. The Morgan fingerprint density at radius 2 is 2.00 bits per heavy atom. The molecular formula is C18H13N3O6S. The Morgan fingerprint density at radius 1 is 1.25 bits per heavy atom. The van der Waals surface area contributed by atoms with Gasteiger partial charge in [-0.25, -0.2) is 17.2 Å². The smallest absolute Gasteiger partial charge is 0.356 e. The highest BCUT2D eigenvalue weighted by molar-refractivity contribution is 7.90. The van der Waals surface area contributed by atoms with Crippen LogP contribution in [0.5, 0.6) is 0 Å². The molecule has 3 rings (SSSR count). The maximum absolute atomic E-state index is 13.3. The van der Waals surface area contributed by atoms with Crippen molar-refractivity contribution < 1.29 is 22.9 Å². The summed E-state index contributed by atoms with van der Waals surface area (Å²) in [6.45, 7) is 1.61. The predicted molar refractivity (Wildman–Crippen MR) is 98.3 cm³/mol. The fraction of sp³-hybridized carbons (Fsp3) is 0.111. The van der Waals surface area contributed by atoms with Gasteiger partial charge < -0.3 is 4.74 Å². The molecule has 0 aliphatic rings. The molecule has 0 aliphatic heterocycles. The van der Waals surface area contributed by atoms with E-state index in [1.54, 1.807) is 6.92 Å². The van der Waals surface area contributed by atoms with Gasteiger partial charge in [-0.05, 0) is 31.2 Å². The molecule has 3 aromatic rings. The van der Waals surface area contributed by atoms with Crippen molar-refractivity contribution in [2.24, 2.45) is 0 Å². The third-order valence-corrected chi connectivity index (χ3v) is 5.66. The molecular weight excluding hydrogens is 386 g/mol. The van der Waals surface area contributed by atoms with Crippen molar-refractivity contribution in [3.63, 3.8) is 0 Å². The van der Waals surface area contributed by atoms with E-state index in [9.17, 15) is 23.3 Å². The number of nitriles is 1. The van der Waals surface area contributed by atoms with Crippen molar-refractivity contribution in [1.82, 2.24) is 3.97 Å². The molecule has 0 amide bonds. The zero-order chi connectivity index (χ0) is 20.5. The first-order valence-corrected chi connectivity index (χ1v) is 9.46. The Kier molecular flexibility index (Phi) is 4.85. The lowest BCUT2D eigenvalue weighted by molar-refractivity contribution is -0.385. The first-order chi connectivity index (χ1) is 13.3. The Hall–Kier alpha value is -3.71. The molecule has 0 unspecified atom stereocenters. The number of ether oxygens (including phenoxy) is 1. The number of nitro benzene ring substituents is 1.